The van der Waals surface area contributed by atoms with Gasteiger partial charge in [-0.15, -0.1) is 24.3 Å². The van der Waals surface area contributed by atoms with Gasteiger partial charge in [-0.1, -0.05) is 150 Å². The molecule has 0 N–H and O–H groups in total. The monoisotopic (exact) mass is 1000 g/mol. The molecule has 0 unspecified atom stereocenters. The zero-order chi connectivity index (χ0) is 42.8. The van der Waals surface area contributed by atoms with Gasteiger partial charge in [-0.3, -0.25) is 4.99 Å². The molecule has 2 aliphatic heterocycles. The minimum atomic E-state index is -0.261. The van der Waals surface area contributed by atoms with Crippen LogP contribution in [-0.4, -0.2) is 16.9 Å². The van der Waals surface area contributed by atoms with E-state index in [4.69, 9.17) is 19.5 Å². The molecule has 0 amide bonds. The fourth-order valence-corrected chi connectivity index (χ4v) is 10.4. The average Bonchev–Trinajstić information content (AvgIpc) is 3.66. The van der Waals surface area contributed by atoms with Crippen molar-refractivity contribution in [3.05, 3.63) is 165 Å². The summed E-state index contributed by atoms with van der Waals surface area (Å²) < 4.78 is 13.9. The number of hydrogen-bond acceptors (Lipinski definition) is 5. The van der Waals surface area contributed by atoms with E-state index in [1.54, 1.807) is 0 Å². The molecular weight excluding hydrogens is 942 g/mol. The summed E-state index contributed by atoms with van der Waals surface area (Å²) in [6.45, 7) is 22.3. The predicted molar refractivity (Wildman–Crippen MR) is 250 cm³/mol. The Kier molecular flexibility index (Phi) is 11.9. The van der Waals surface area contributed by atoms with Crippen LogP contribution in [0.25, 0.3) is 11.1 Å². The Morgan fingerprint density at radius 1 is 0.758 bits per heavy atom. The minimum Gasteiger partial charge on any atom is -0.510 e. The van der Waals surface area contributed by atoms with E-state index < -0.39 is 0 Å². The summed E-state index contributed by atoms with van der Waals surface area (Å²) in [4.78, 5) is 12.8. The van der Waals surface area contributed by atoms with E-state index in [9.17, 15) is 0 Å². The van der Waals surface area contributed by atoms with Crippen molar-refractivity contribution in [2.45, 2.75) is 124 Å². The van der Waals surface area contributed by atoms with Crippen LogP contribution < -0.4 is 9.64 Å². The molecule has 5 aromatic carbocycles. The average molecular weight is 1000 g/mol. The number of aliphatic imine (C=N–C) groups is 1. The summed E-state index contributed by atoms with van der Waals surface area (Å²) in [5.74, 6) is 3.23. The maximum atomic E-state index is 6.96. The third kappa shape index (κ3) is 8.19. The van der Waals surface area contributed by atoms with Crippen molar-refractivity contribution >= 4 is 23.1 Å². The van der Waals surface area contributed by atoms with Crippen molar-refractivity contribution in [1.82, 2.24) is 4.98 Å². The van der Waals surface area contributed by atoms with Crippen molar-refractivity contribution in [3.8, 4) is 22.6 Å². The molecule has 0 spiro atoms. The number of aryl methyl sites for hydroxylation is 5. The van der Waals surface area contributed by atoms with E-state index in [0.29, 0.717) is 23.3 Å². The number of pyridine rings is 1. The molecule has 320 valence electrons. The van der Waals surface area contributed by atoms with Crippen LogP contribution in [0.3, 0.4) is 0 Å². The molecule has 6 heteroatoms. The Hall–Kier alpha value is -4.99. The van der Waals surface area contributed by atoms with Gasteiger partial charge >= 0.3 is 21.1 Å². The number of anilines is 3. The van der Waals surface area contributed by atoms with E-state index in [1.807, 2.05) is 6.20 Å². The first-order valence-electron chi connectivity index (χ1n) is 22.2. The Bertz CT molecular complexity index is 2650. The smallest absolute Gasteiger partial charge is 0.510 e. The number of rotatable bonds is 7. The molecule has 1 aliphatic carbocycles. The molecule has 6 aromatic rings. The van der Waals surface area contributed by atoms with Crippen LogP contribution in [0.4, 0.5) is 17.2 Å². The van der Waals surface area contributed by atoms with E-state index in [1.165, 1.54) is 82.2 Å². The van der Waals surface area contributed by atoms with Gasteiger partial charge in [-0.25, -0.2) is 4.98 Å². The number of ether oxygens (including phenoxy) is 2. The van der Waals surface area contributed by atoms with Gasteiger partial charge in [0.05, 0.1) is 6.04 Å². The molecular formula is C56H59N3O2Pt. The first-order chi connectivity index (χ1) is 29.2. The van der Waals surface area contributed by atoms with Gasteiger partial charge in [-0.2, -0.15) is 5.56 Å². The second kappa shape index (κ2) is 16.9. The van der Waals surface area contributed by atoms with Crippen LogP contribution in [0.15, 0.2) is 102 Å². The van der Waals surface area contributed by atoms with Crippen molar-refractivity contribution < 1.29 is 30.5 Å². The molecule has 0 radical (unpaired) electrons. The van der Waals surface area contributed by atoms with Crippen LogP contribution in [0, 0.1) is 52.7 Å². The number of fused-ring (bicyclic) bond motifs is 2. The van der Waals surface area contributed by atoms with Crippen molar-refractivity contribution in [2.24, 2.45) is 10.9 Å². The molecule has 0 saturated heterocycles. The van der Waals surface area contributed by atoms with Crippen molar-refractivity contribution in [2.75, 3.05) is 4.90 Å². The Balaban J connectivity index is 0.00000529. The molecule has 5 nitrogen and oxygen atoms in total. The molecule has 1 saturated carbocycles. The summed E-state index contributed by atoms with van der Waals surface area (Å²) in [7, 11) is 0. The maximum absolute atomic E-state index is 6.96. The quantitative estimate of drug-likeness (QED) is 0.150. The van der Waals surface area contributed by atoms with Crippen LogP contribution >= 0.6 is 0 Å². The Morgan fingerprint density at radius 2 is 1.45 bits per heavy atom. The van der Waals surface area contributed by atoms with E-state index >= 15 is 0 Å². The number of aromatic nitrogens is 1. The third-order valence-electron chi connectivity index (χ3n) is 13.3. The maximum Gasteiger partial charge on any atom is 2.00 e. The van der Waals surface area contributed by atoms with Crippen molar-refractivity contribution in [3.63, 3.8) is 0 Å². The summed E-state index contributed by atoms with van der Waals surface area (Å²) in [5.41, 5.74) is 15.7. The van der Waals surface area contributed by atoms with Gasteiger partial charge in [0.15, 0.2) is 0 Å². The standard InChI is InChI=1S/C56H59N3O2.Pt/c1-34-25-37(4)49(38(5)26-34)41-29-42(54-58-51(39-17-13-11-14-18-39)52(61-54)40-19-15-12-16-20-40)31-46(30-41)60-45-28-35(2)27-44(33-45)59-48-22-21-43(55(6,7)8)32-47(48)56(9,10)50-36(3)23-24-57-53(50)59;/h12,15-16,19-30,32,39,51-52H,11,13-14,17-18H2,1-10H3;/q-2;+2/t51-,52-;/m1./s1. The molecule has 62 heavy (non-hydrogen) atoms. The van der Waals surface area contributed by atoms with Crippen LogP contribution in [-0.2, 0) is 36.6 Å². The first kappa shape index (κ1) is 43.6. The molecule has 2 atom stereocenters. The molecule has 9 rings (SSSR count). The topological polar surface area (TPSA) is 47.0 Å². The SMILES string of the molecule is Cc1cc(Oc2[c-]c(C3=N[C@H](C4CCCCC4)[C@@H](c4ccccc4)O3)cc(-c3c(C)cc(C)cc3C)c2)[c-]c(N2c3ccc(C(C)(C)C)cc3C(C)(C)c3c(C)ccnc32)c1.[Pt+2]. The van der Waals surface area contributed by atoms with Gasteiger partial charge < -0.3 is 14.4 Å². The Morgan fingerprint density at radius 3 is 2.16 bits per heavy atom. The van der Waals surface area contributed by atoms with E-state index in [2.05, 4.69) is 177 Å². The molecule has 0 bridgehead atoms. The molecule has 1 fully saturated rings. The van der Waals surface area contributed by atoms with Gasteiger partial charge in [0.1, 0.15) is 17.8 Å². The molecule has 1 aromatic heterocycles. The van der Waals surface area contributed by atoms with E-state index in [0.717, 1.165) is 33.9 Å². The summed E-state index contributed by atoms with van der Waals surface area (Å²) in [6, 6.07) is 40.2. The van der Waals surface area contributed by atoms with Gasteiger partial charge in [0.2, 0.25) is 0 Å². The van der Waals surface area contributed by atoms with Gasteiger partial charge in [0, 0.05) is 34.4 Å². The fraction of sp³-hybridized carbons (Fsp3) is 0.357. The summed E-state index contributed by atoms with van der Waals surface area (Å²) in [6.07, 6.45) is 7.91. The zero-order valence-electron chi connectivity index (χ0n) is 38.0. The summed E-state index contributed by atoms with van der Waals surface area (Å²) in [5, 5.41) is 0. The second-order valence-electron chi connectivity index (χ2n) is 19.5. The largest absolute Gasteiger partial charge is 2.00 e. The summed E-state index contributed by atoms with van der Waals surface area (Å²) >= 11 is 0. The number of nitrogens with zero attached hydrogens (tertiary/aromatic N) is 3. The third-order valence-corrected chi connectivity index (χ3v) is 13.3. The number of hydrogen-bond donors (Lipinski definition) is 0. The first-order valence-corrected chi connectivity index (χ1v) is 22.2. The minimum absolute atomic E-state index is 0. The predicted octanol–water partition coefficient (Wildman–Crippen LogP) is 14.6. The van der Waals surface area contributed by atoms with Crippen LogP contribution in [0.5, 0.6) is 11.5 Å². The van der Waals surface area contributed by atoms with Gasteiger partial charge in [0.25, 0.3) is 0 Å². The zero-order valence-corrected chi connectivity index (χ0v) is 40.3. The molecule has 3 aliphatic rings. The van der Waals surface area contributed by atoms with Gasteiger partial charge in [-0.05, 0) is 103 Å². The molecule has 3 heterocycles. The number of benzene rings is 5. The van der Waals surface area contributed by atoms with E-state index in [-0.39, 0.29) is 44.0 Å². The fourth-order valence-electron chi connectivity index (χ4n) is 10.4. The van der Waals surface area contributed by atoms with Crippen molar-refractivity contribution in [1.29, 1.82) is 0 Å². The Labute approximate surface area is 384 Å². The second-order valence-corrected chi connectivity index (χ2v) is 19.5. The van der Waals surface area contributed by atoms with Crippen LogP contribution in [0.1, 0.15) is 128 Å². The van der Waals surface area contributed by atoms with Crippen LogP contribution in [0.2, 0.25) is 0 Å². The normalized spacial score (nSPS) is 18.3.